The number of aromatic nitrogens is 2. The average molecular weight is 356 g/mol. The van der Waals surface area contributed by atoms with Crippen LogP contribution >= 0.6 is 15.9 Å². The number of primary amides is 1. The molecule has 1 atom stereocenters. The number of carbonyl (C=O) groups is 2. The quantitative estimate of drug-likeness (QED) is 0.833. The number of hydrogen-bond acceptors (Lipinski definition) is 3. The summed E-state index contributed by atoms with van der Waals surface area (Å²) < 4.78 is 3.40. The molecule has 112 valence electrons. The lowest BCUT2D eigenvalue weighted by Crippen LogP contribution is -2.34. The zero-order chi connectivity index (χ0) is 15.7. The summed E-state index contributed by atoms with van der Waals surface area (Å²) in [6, 6.07) is 4.23. The molecule has 1 aromatic carbocycles. The van der Waals surface area contributed by atoms with Gasteiger partial charge < -0.3 is 10.8 Å². The summed E-state index contributed by atoms with van der Waals surface area (Å²) in [7, 11) is 1.59. The van der Waals surface area contributed by atoms with Crippen molar-refractivity contribution in [2.24, 2.45) is 12.8 Å². The van der Waals surface area contributed by atoms with Gasteiger partial charge in [-0.3, -0.25) is 18.7 Å². The van der Waals surface area contributed by atoms with Crippen molar-refractivity contribution >= 4 is 38.8 Å². The van der Waals surface area contributed by atoms with Crippen molar-refractivity contribution in [3.63, 3.8) is 0 Å². The number of nitrogens with two attached hydrogens (primary N) is 1. The molecule has 1 heterocycles. The average Bonchev–Trinajstić information content (AvgIpc) is 2.63. The predicted octanol–water partition coefficient (Wildman–Crippen LogP) is 0.994. The fourth-order valence-corrected chi connectivity index (χ4v) is 2.65. The third kappa shape index (κ3) is 2.85. The maximum Gasteiger partial charge on any atom is 0.329 e. The molecule has 0 saturated carbocycles. The minimum absolute atomic E-state index is 0.0315. The molecule has 0 saturated heterocycles. The number of carboxylic acids is 1. The van der Waals surface area contributed by atoms with Crippen molar-refractivity contribution < 1.29 is 14.7 Å². The van der Waals surface area contributed by atoms with Crippen molar-refractivity contribution in [2.75, 3.05) is 0 Å². The van der Waals surface area contributed by atoms with E-state index in [4.69, 9.17) is 10.8 Å². The summed E-state index contributed by atoms with van der Waals surface area (Å²) in [6.07, 6.45) is -0.277. The lowest BCUT2D eigenvalue weighted by atomic mass is 10.1. The van der Waals surface area contributed by atoms with Crippen LogP contribution in [0.5, 0.6) is 0 Å². The van der Waals surface area contributed by atoms with Crippen LogP contribution < -0.4 is 11.4 Å². The highest BCUT2D eigenvalue weighted by atomic mass is 79.9. The summed E-state index contributed by atoms with van der Waals surface area (Å²) in [5.41, 5.74) is 6.12. The Balaban J connectivity index is 2.64. The van der Waals surface area contributed by atoms with Crippen LogP contribution in [0.1, 0.15) is 18.9 Å². The van der Waals surface area contributed by atoms with Crippen LogP contribution in [0.4, 0.5) is 0 Å². The van der Waals surface area contributed by atoms with E-state index in [0.717, 1.165) is 4.47 Å². The van der Waals surface area contributed by atoms with Gasteiger partial charge in [-0.15, -0.1) is 0 Å². The molecule has 0 aliphatic heterocycles. The van der Waals surface area contributed by atoms with Crippen molar-refractivity contribution in [1.29, 1.82) is 0 Å². The number of amides is 1. The number of aliphatic carboxylic acids is 1. The Kier molecular flexibility index (Phi) is 4.17. The second-order valence-electron chi connectivity index (χ2n) is 4.70. The first-order valence-electron chi connectivity index (χ1n) is 6.20. The van der Waals surface area contributed by atoms with E-state index in [0.29, 0.717) is 11.0 Å². The van der Waals surface area contributed by atoms with Gasteiger partial charge in [0.05, 0.1) is 11.0 Å². The summed E-state index contributed by atoms with van der Waals surface area (Å²) in [5.74, 6) is -1.78. The van der Waals surface area contributed by atoms with Gasteiger partial charge in [-0.25, -0.2) is 4.79 Å². The van der Waals surface area contributed by atoms with Crippen LogP contribution in [0.15, 0.2) is 27.5 Å². The van der Waals surface area contributed by atoms with Crippen LogP contribution in [-0.4, -0.2) is 26.1 Å². The summed E-state index contributed by atoms with van der Waals surface area (Å²) >= 11 is 3.31. The van der Waals surface area contributed by atoms with E-state index < -0.39 is 23.6 Å². The Bertz CT molecular complexity index is 778. The molecule has 0 aliphatic carbocycles. The fraction of sp³-hybridized carbons (Fsp3) is 0.308. The third-order valence-corrected chi connectivity index (χ3v) is 3.82. The Morgan fingerprint density at radius 2 is 2.05 bits per heavy atom. The van der Waals surface area contributed by atoms with Crippen molar-refractivity contribution in [3.8, 4) is 0 Å². The number of fused-ring (bicyclic) bond motifs is 1. The molecule has 0 fully saturated rings. The number of hydrogen-bond donors (Lipinski definition) is 2. The van der Waals surface area contributed by atoms with Gasteiger partial charge in [0.2, 0.25) is 5.91 Å². The minimum Gasteiger partial charge on any atom is -0.481 e. The maximum atomic E-state index is 12.3. The normalized spacial score (nSPS) is 12.5. The molecule has 1 unspecified atom stereocenters. The summed E-state index contributed by atoms with van der Waals surface area (Å²) in [4.78, 5) is 34.7. The van der Waals surface area contributed by atoms with E-state index in [9.17, 15) is 14.4 Å². The largest absolute Gasteiger partial charge is 0.481 e. The van der Waals surface area contributed by atoms with Gasteiger partial charge in [0.25, 0.3) is 0 Å². The molecule has 2 aromatic rings. The maximum absolute atomic E-state index is 12.3. The van der Waals surface area contributed by atoms with E-state index in [-0.39, 0.29) is 12.8 Å². The second kappa shape index (κ2) is 5.72. The Morgan fingerprint density at radius 1 is 1.38 bits per heavy atom. The highest BCUT2D eigenvalue weighted by molar-refractivity contribution is 9.10. The van der Waals surface area contributed by atoms with Crippen molar-refractivity contribution in [3.05, 3.63) is 33.2 Å². The van der Waals surface area contributed by atoms with Crippen LogP contribution in [0, 0.1) is 0 Å². The molecule has 1 amide bonds. The smallest absolute Gasteiger partial charge is 0.329 e. The number of nitrogens with zero attached hydrogens (tertiary/aromatic N) is 2. The lowest BCUT2D eigenvalue weighted by Gasteiger charge is -2.14. The molecule has 0 radical (unpaired) electrons. The second-order valence-corrected chi connectivity index (χ2v) is 5.61. The van der Waals surface area contributed by atoms with E-state index in [2.05, 4.69) is 15.9 Å². The summed E-state index contributed by atoms with van der Waals surface area (Å²) in [5, 5.41) is 8.77. The van der Waals surface area contributed by atoms with Crippen LogP contribution in [-0.2, 0) is 16.6 Å². The molecule has 8 heteroatoms. The highest BCUT2D eigenvalue weighted by Gasteiger charge is 2.24. The monoisotopic (exact) mass is 355 g/mol. The molecule has 0 spiro atoms. The Hall–Kier alpha value is -2.09. The first-order chi connectivity index (χ1) is 9.82. The molecule has 0 bridgehead atoms. The first kappa shape index (κ1) is 15.3. The molecular formula is C13H14BrN3O4. The molecule has 2 rings (SSSR count). The molecular weight excluding hydrogens is 342 g/mol. The molecule has 3 N–H and O–H groups in total. The molecule has 1 aromatic heterocycles. The fourth-order valence-electron chi connectivity index (χ4n) is 2.30. The van der Waals surface area contributed by atoms with Gasteiger partial charge in [0.1, 0.15) is 6.04 Å². The number of rotatable bonds is 5. The van der Waals surface area contributed by atoms with Crippen LogP contribution in [0.3, 0.4) is 0 Å². The number of carbonyl (C=O) groups excluding carboxylic acids is 1. The standard InChI is InChI=1S/C13H14BrN3O4/c1-16-8-3-2-7(14)6-10(8)17(13(16)21)9(12(15)20)4-5-11(18)19/h2-3,6,9H,4-5H2,1H3,(H2,15,20)(H,18,19). The lowest BCUT2D eigenvalue weighted by molar-refractivity contribution is -0.137. The van der Waals surface area contributed by atoms with Gasteiger partial charge in [-0.05, 0) is 24.6 Å². The molecule has 0 aliphatic rings. The van der Waals surface area contributed by atoms with E-state index in [1.54, 1.807) is 25.2 Å². The van der Waals surface area contributed by atoms with Gasteiger partial charge in [0.15, 0.2) is 0 Å². The van der Waals surface area contributed by atoms with Gasteiger partial charge in [-0.2, -0.15) is 0 Å². The van der Waals surface area contributed by atoms with E-state index in [1.807, 2.05) is 0 Å². The third-order valence-electron chi connectivity index (χ3n) is 3.32. The number of halogens is 1. The molecule has 7 nitrogen and oxygen atoms in total. The highest BCUT2D eigenvalue weighted by Crippen LogP contribution is 2.23. The zero-order valence-corrected chi connectivity index (χ0v) is 12.8. The Labute approximate surface area is 128 Å². The topological polar surface area (TPSA) is 107 Å². The number of aryl methyl sites for hydroxylation is 1. The van der Waals surface area contributed by atoms with Gasteiger partial charge >= 0.3 is 11.7 Å². The summed E-state index contributed by atoms with van der Waals surface area (Å²) in [6.45, 7) is 0. The van der Waals surface area contributed by atoms with Crippen molar-refractivity contribution in [2.45, 2.75) is 18.9 Å². The number of benzene rings is 1. The SMILES string of the molecule is Cn1c(=O)n(C(CCC(=O)O)C(N)=O)c2cc(Br)ccc21. The molecule has 21 heavy (non-hydrogen) atoms. The minimum atomic E-state index is -1.05. The number of imidazole rings is 1. The van der Waals surface area contributed by atoms with Crippen molar-refractivity contribution in [1.82, 2.24) is 9.13 Å². The van der Waals surface area contributed by atoms with Gasteiger partial charge in [0, 0.05) is 17.9 Å². The van der Waals surface area contributed by atoms with Gasteiger partial charge in [-0.1, -0.05) is 15.9 Å². The van der Waals surface area contributed by atoms with E-state index >= 15 is 0 Å². The van der Waals surface area contributed by atoms with Crippen LogP contribution in [0.25, 0.3) is 11.0 Å². The van der Waals surface area contributed by atoms with Crippen LogP contribution in [0.2, 0.25) is 0 Å². The first-order valence-corrected chi connectivity index (χ1v) is 6.99. The predicted molar refractivity (Wildman–Crippen MR) is 80.0 cm³/mol. The number of carboxylic acid groups (broad SMARTS) is 1. The zero-order valence-electron chi connectivity index (χ0n) is 11.2. The van der Waals surface area contributed by atoms with E-state index in [1.165, 1.54) is 9.13 Å². The Morgan fingerprint density at radius 3 is 2.62 bits per heavy atom.